The van der Waals surface area contributed by atoms with Crippen LogP contribution in [-0.2, 0) is 16.8 Å². The zero-order valence-electron chi connectivity index (χ0n) is 12.6. The molecule has 1 aliphatic rings. The first kappa shape index (κ1) is 16.1. The molecule has 0 aliphatic carbocycles. The number of para-hydroxylation sites is 1. The highest BCUT2D eigenvalue weighted by molar-refractivity contribution is 7.82. The molecule has 21 heavy (non-hydrogen) atoms. The first-order valence-corrected chi connectivity index (χ1v) is 9.21. The molecule has 0 atom stereocenters. The minimum Gasteiger partial charge on any atom is -0.349 e. The van der Waals surface area contributed by atoms with Gasteiger partial charge in [0.05, 0.1) is 0 Å². The SMILES string of the molecule is CCCCCCCCCCc1cccc2c1OS(=O)(=O)O2. The van der Waals surface area contributed by atoms with E-state index in [1.807, 2.05) is 12.1 Å². The highest BCUT2D eigenvalue weighted by Crippen LogP contribution is 2.39. The van der Waals surface area contributed by atoms with E-state index in [1.165, 1.54) is 44.9 Å². The number of unbranched alkanes of at least 4 members (excludes halogenated alkanes) is 7. The number of benzene rings is 1. The second kappa shape index (κ2) is 7.69. The van der Waals surface area contributed by atoms with Crippen LogP contribution in [0.3, 0.4) is 0 Å². The number of aryl methyl sites for hydroxylation is 1. The molecule has 0 radical (unpaired) electrons. The standard InChI is InChI=1S/C16H24O4S/c1-2-3-4-5-6-7-8-9-11-14-12-10-13-15-16(14)20-21(17,18)19-15/h10,12-13H,2-9,11H2,1H3. The Morgan fingerprint density at radius 2 is 1.57 bits per heavy atom. The summed E-state index contributed by atoms with van der Waals surface area (Å²) in [6.07, 6.45) is 10.9. The predicted octanol–water partition coefficient (Wildman–Crippen LogP) is 4.39. The molecular formula is C16H24O4S. The minimum absolute atomic E-state index is 0.312. The number of hydrogen-bond acceptors (Lipinski definition) is 4. The second-order valence-corrected chi connectivity index (χ2v) is 6.69. The van der Waals surface area contributed by atoms with Crippen LogP contribution in [0, 0.1) is 0 Å². The molecule has 0 aromatic heterocycles. The molecular weight excluding hydrogens is 288 g/mol. The summed E-state index contributed by atoms with van der Waals surface area (Å²) < 4.78 is 32.3. The molecule has 0 unspecified atom stereocenters. The van der Waals surface area contributed by atoms with Crippen molar-refractivity contribution in [3.8, 4) is 11.5 Å². The monoisotopic (exact) mass is 312 g/mol. The highest BCUT2D eigenvalue weighted by Gasteiger charge is 2.30. The molecule has 2 rings (SSSR count). The number of rotatable bonds is 9. The van der Waals surface area contributed by atoms with E-state index in [2.05, 4.69) is 6.92 Å². The van der Waals surface area contributed by atoms with Crippen LogP contribution in [0.15, 0.2) is 18.2 Å². The van der Waals surface area contributed by atoms with Gasteiger partial charge in [-0.15, -0.1) is 8.42 Å². The summed E-state index contributed by atoms with van der Waals surface area (Å²) in [6.45, 7) is 2.23. The topological polar surface area (TPSA) is 52.6 Å². The van der Waals surface area contributed by atoms with Crippen LogP contribution in [0.1, 0.15) is 63.9 Å². The van der Waals surface area contributed by atoms with Gasteiger partial charge in [0.15, 0.2) is 11.5 Å². The van der Waals surface area contributed by atoms with Gasteiger partial charge in [0.1, 0.15) is 0 Å². The Kier molecular flexibility index (Phi) is 5.91. The van der Waals surface area contributed by atoms with E-state index in [0.29, 0.717) is 11.5 Å². The van der Waals surface area contributed by atoms with Crippen LogP contribution in [0.5, 0.6) is 11.5 Å². The summed E-state index contributed by atoms with van der Waals surface area (Å²) in [7, 11) is -3.88. The van der Waals surface area contributed by atoms with Crippen molar-refractivity contribution in [3.63, 3.8) is 0 Å². The molecule has 0 bridgehead atoms. The average molecular weight is 312 g/mol. The van der Waals surface area contributed by atoms with E-state index in [4.69, 9.17) is 8.37 Å². The van der Waals surface area contributed by atoms with Gasteiger partial charge >= 0.3 is 10.4 Å². The van der Waals surface area contributed by atoms with Crippen LogP contribution in [-0.4, -0.2) is 8.42 Å². The predicted molar refractivity (Wildman–Crippen MR) is 82.9 cm³/mol. The molecule has 0 N–H and O–H groups in total. The number of fused-ring (bicyclic) bond motifs is 1. The van der Waals surface area contributed by atoms with Crippen molar-refractivity contribution in [1.82, 2.24) is 0 Å². The van der Waals surface area contributed by atoms with Crippen LogP contribution in [0.4, 0.5) is 0 Å². The molecule has 118 valence electrons. The van der Waals surface area contributed by atoms with Gasteiger partial charge in [-0.25, -0.2) is 0 Å². The summed E-state index contributed by atoms with van der Waals surface area (Å²) in [5.74, 6) is 0.688. The molecule has 0 fully saturated rings. The lowest BCUT2D eigenvalue weighted by molar-refractivity contribution is 0.435. The van der Waals surface area contributed by atoms with Crippen LogP contribution < -0.4 is 8.37 Å². The third kappa shape index (κ3) is 4.92. The second-order valence-electron chi connectivity index (χ2n) is 5.54. The van der Waals surface area contributed by atoms with Gasteiger partial charge in [0, 0.05) is 0 Å². The van der Waals surface area contributed by atoms with Crippen molar-refractivity contribution in [2.24, 2.45) is 0 Å². The molecule has 4 nitrogen and oxygen atoms in total. The van der Waals surface area contributed by atoms with Crippen LogP contribution in [0.25, 0.3) is 0 Å². The maximum absolute atomic E-state index is 11.3. The Labute approximate surface area is 127 Å². The quantitative estimate of drug-likeness (QED) is 0.635. The lowest BCUT2D eigenvalue weighted by Crippen LogP contribution is -2.08. The highest BCUT2D eigenvalue weighted by atomic mass is 32.3. The van der Waals surface area contributed by atoms with Crippen molar-refractivity contribution in [2.45, 2.75) is 64.7 Å². The largest absolute Gasteiger partial charge is 0.501 e. The van der Waals surface area contributed by atoms with Crippen molar-refractivity contribution in [2.75, 3.05) is 0 Å². The van der Waals surface area contributed by atoms with E-state index in [0.717, 1.165) is 18.4 Å². The van der Waals surface area contributed by atoms with Gasteiger partial charge in [-0.3, -0.25) is 0 Å². The molecule has 1 aromatic rings. The Hall–Kier alpha value is -1.23. The fourth-order valence-corrected chi connectivity index (χ4v) is 3.38. The van der Waals surface area contributed by atoms with Gasteiger partial charge in [-0.1, -0.05) is 64.0 Å². The van der Waals surface area contributed by atoms with Crippen molar-refractivity contribution in [3.05, 3.63) is 23.8 Å². The zero-order chi connectivity index (χ0) is 15.1. The molecule has 0 saturated heterocycles. The first-order valence-electron chi connectivity index (χ1n) is 7.88. The minimum atomic E-state index is -3.88. The van der Waals surface area contributed by atoms with Crippen molar-refractivity contribution < 1.29 is 16.8 Å². The lowest BCUT2D eigenvalue weighted by Gasteiger charge is -2.04. The average Bonchev–Trinajstić information content (AvgIpc) is 2.76. The van der Waals surface area contributed by atoms with Gasteiger partial charge in [0.2, 0.25) is 0 Å². The van der Waals surface area contributed by atoms with Crippen LogP contribution >= 0.6 is 0 Å². The maximum Gasteiger partial charge on any atom is 0.501 e. The molecule has 1 aliphatic heterocycles. The Morgan fingerprint density at radius 3 is 2.29 bits per heavy atom. The number of hydrogen-bond donors (Lipinski definition) is 0. The molecule has 1 aromatic carbocycles. The maximum atomic E-state index is 11.3. The summed E-state index contributed by atoms with van der Waals surface area (Å²) in [5, 5.41) is 0. The smallest absolute Gasteiger partial charge is 0.349 e. The summed E-state index contributed by atoms with van der Waals surface area (Å²) in [6, 6.07) is 5.34. The lowest BCUT2D eigenvalue weighted by atomic mass is 10.0. The van der Waals surface area contributed by atoms with E-state index < -0.39 is 10.4 Å². The third-order valence-electron chi connectivity index (χ3n) is 3.74. The van der Waals surface area contributed by atoms with Gasteiger partial charge in [-0.05, 0) is 24.5 Å². The van der Waals surface area contributed by atoms with Crippen molar-refractivity contribution >= 4 is 10.4 Å². The fourth-order valence-electron chi connectivity index (χ4n) is 2.60. The zero-order valence-corrected chi connectivity index (χ0v) is 13.5. The summed E-state index contributed by atoms with van der Waals surface area (Å²) >= 11 is 0. The van der Waals surface area contributed by atoms with Crippen molar-refractivity contribution in [1.29, 1.82) is 0 Å². The Bertz CT molecular complexity index is 551. The van der Waals surface area contributed by atoms with Gasteiger partial charge in [0.25, 0.3) is 0 Å². The molecule has 0 spiro atoms. The summed E-state index contributed by atoms with van der Waals surface area (Å²) in [4.78, 5) is 0. The third-order valence-corrected chi connectivity index (χ3v) is 4.49. The molecule has 5 heteroatoms. The molecule has 1 heterocycles. The Morgan fingerprint density at radius 1 is 0.905 bits per heavy atom. The van der Waals surface area contributed by atoms with Crippen LogP contribution in [0.2, 0.25) is 0 Å². The molecule has 0 amide bonds. The van der Waals surface area contributed by atoms with E-state index in [9.17, 15) is 8.42 Å². The van der Waals surface area contributed by atoms with Gasteiger partial charge in [-0.2, -0.15) is 0 Å². The normalized spacial score (nSPS) is 15.3. The van der Waals surface area contributed by atoms with Gasteiger partial charge < -0.3 is 8.37 Å². The molecule has 0 saturated carbocycles. The summed E-state index contributed by atoms with van der Waals surface area (Å²) in [5.41, 5.74) is 0.916. The first-order chi connectivity index (χ1) is 10.1. The Balaban J connectivity index is 1.72. The van der Waals surface area contributed by atoms with E-state index >= 15 is 0 Å². The van der Waals surface area contributed by atoms with E-state index in [-0.39, 0.29) is 0 Å². The van der Waals surface area contributed by atoms with E-state index in [1.54, 1.807) is 6.07 Å². The fraction of sp³-hybridized carbons (Fsp3) is 0.625.